The zero-order chi connectivity index (χ0) is 18.2. The second-order valence-electron chi connectivity index (χ2n) is 5.83. The molecule has 2 aromatic rings. The summed E-state index contributed by atoms with van der Waals surface area (Å²) >= 11 is 5.69. The third-order valence-electron chi connectivity index (χ3n) is 4.15. The summed E-state index contributed by atoms with van der Waals surface area (Å²) in [4.78, 5) is 26.1. The highest BCUT2D eigenvalue weighted by molar-refractivity contribution is 6.30. The zero-order valence-corrected chi connectivity index (χ0v) is 14.1. The Morgan fingerprint density at radius 3 is 2.96 bits per heavy atom. The summed E-state index contributed by atoms with van der Waals surface area (Å²) in [6.45, 7) is -0.00627. The van der Waals surface area contributed by atoms with Crippen LogP contribution in [0.3, 0.4) is 0 Å². The SMILES string of the molecule is Cn1cc(N2CC[C@@](O)(C(=O)NCc3cccc(Cl)c3F)C2=O)cn1. The van der Waals surface area contributed by atoms with Crippen LogP contribution in [-0.4, -0.2) is 38.8 Å². The van der Waals surface area contributed by atoms with E-state index < -0.39 is 23.2 Å². The molecule has 2 heterocycles. The number of hydrogen-bond donors (Lipinski definition) is 2. The van der Waals surface area contributed by atoms with Gasteiger partial charge in [-0.3, -0.25) is 14.3 Å². The standard InChI is InChI=1S/C16H16ClFN4O3/c1-21-9-11(8-20-21)22-6-5-16(25,15(22)24)14(23)19-7-10-3-2-4-12(17)13(10)18/h2-4,8-9,25H,5-7H2,1H3,(H,19,23)/t16-/m1/s1. The number of aromatic nitrogens is 2. The summed E-state index contributed by atoms with van der Waals surface area (Å²) in [7, 11) is 1.70. The molecular formula is C16H16ClFN4O3. The number of halogens is 2. The summed E-state index contributed by atoms with van der Waals surface area (Å²) in [5.41, 5.74) is -1.53. The van der Waals surface area contributed by atoms with Crippen molar-refractivity contribution in [1.82, 2.24) is 15.1 Å². The summed E-state index contributed by atoms with van der Waals surface area (Å²) in [5, 5.41) is 16.8. The van der Waals surface area contributed by atoms with Gasteiger partial charge in [0.1, 0.15) is 5.82 Å². The third-order valence-corrected chi connectivity index (χ3v) is 4.44. The molecule has 1 atom stereocenters. The van der Waals surface area contributed by atoms with Crippen molar-refractivity contribution in [3.8, 4) is 0 Å². The second-order valence-corrected chi connectivity index (χ2v) is 6.24. The van der Waals surface area contributed by atoms with Crippen molar-refractivity contribution < 1.29 is 19.1 Å². The minimum absolute atomic E-state index is 0.0647. The van der Waals surface area contributed by atoms with Crippen LogP contribution < -0.4 is 10.2 Å². The number of nitrogens with zero attached hydrogens (tertiary/aromatic N) is 3. The first kappa shape index (κ1) is 17.4. The van der Waals surface area contributed by atoms with Gasteiger partial charge < -0.3 is 15.3 Å². The highest BCUT2D eigenvalue weighted by Crippen LogP contribution is 2.28. The van der Waals surface area contributed by atoms with Gasteiger partial charge in [-0.2, -0.15) is 5.10 Å². The van der Waals surface area contributed by atoms with Crippen LogP contribution in [0.5, 0.6) is 0 Å². The minimum Gasteiger partial charge on any atom is -0.372 e. The van der Waals surface area contributed by atoms with E-state index in [2.05, 4.69) is 10.4 Å². The molecule has 1 fully saturated rings. The molecule has 0 bridgehead atoms. The molecular weight excluding hydrogens is 351 g/mol. The molecule has 1 aromatic carbocycles. The fraction of sp³-hybridized carbons (Fsp3) is 0.312. The fourth-order valence-electron chi connectivity index (χ4n) is 2.72. The van der Waals surface area contributed by atoms with Crippen molar-refractivity contribution in [1.29, 1.82) is 0 Å². The molecule has 0 saturated carbocycles. The number of anilines is 1. The van der Waals surface area contributed by atoms with Crippen LogP contribution in [0, 0.1) is 5.82 Å². The van der Waals surface area contributed by atoms with E-state index in [1.165, 1.54) is 27.9 Å². The quantitative estimate of drug-likeness (QED) is 0.790. The molecule has 1 saturated heterocycles. The van der Waals surface area contributed by atoms with Crippen molar-refractivity contribution in [3.63, 3.8) is 0 Å². The predicted molar refractivity (Wildman–Crippen MR) is 88.4 cm³/mol. The Hall–Kier alpha value is -2.45. The molecule has 1 aliphatic rings. The molecule has 9 heteroatoms. The number of aliphatic hydroxyl groups is 1. The Morgan fingerprint density at radius 1 is 1.52 bits per heavy atom. The van der Waals surface area contributed by atoms with Gasteiger partial charge in [0, 0.05) is 38.3 Å². The first-order valence-electron chi connectivity index (χ1n) is 7.57. The van der Waals surface area contributed by atoms with E-state index in [4.69, 9.17) is 11.6 Å². The zero-order valence-electron chi connectivity index (χ0n) is 13.4. The summed E-state index contributed by atoms with van der Waals surface area (Å²) < 4.78 is 15.4. The Labute approximate surface area is 148 Å². The number of benzene rings is 1. The lowest BCUT2D eigenvalue weighted by atomic mass is 10.0. The van der Waals surface area contributed by atoms with Gasteiger partial charge in [0.25, 0.3) is 11.8 Å². The monoisotopic (exact) mass is 366 g/mol. The van der Waals surface area contributed by atoms with Crippen LogP contribution in [-0.2, 0) is 23.2 Å². The maximum Gasteiger partial charge on any atom is 0.268 e. The Balaban J connectivity index is 1.71. The molecule has 7 nitrogen and oxygen atoms in total. The molecule has 2 amide bonds. The van der Waals surface area contributed by atoms with Gasteiger partial charge in [0.15, 0.2) is 0 Å². The van der Waals surface area contributed by atoms with Gasteiger partial charge in [-0.05, 0) is 6.07 Å². The van der Waals surface area contributed by atoms with Gasteiger partial charge in [-0.1, -0.05) is 23.7 Å². The van der Waals surface area contributed by atoms with Gasteiger partial charge in [-0.15, -0.1) is 0 Å². The van der Waals surface area contributed by atoms with E-state index in [9.17, 15) is 19.1 Å². The van der Waals surface area contributed by atoms with Crippen LogP contribution in [0.1, 0.15) is 12.0 Å². The van der Waals surface area contributed by atoms with E-state index in [-0.39, 0.29) is 30.1 Å². The second kappa shape index (κ2) is 6.45. The molecule has 0 unspecified atom stereocenters. The number of carbonyl (C=O) groups excluding carboxylic acids is 2. The summed E-state index contributed by atoms with van der Waals surface area (Å²) in [5.74, 6) is -2.25. The highest BCUT2D eigenvalue weighted by Gasteiger charge is 2.51. The van der Waals surface area contributed by atoms with E-state index in [1.54, 1.807) is 19.3 Å². The van der Waals surface area contributed by atoms with Crippen LogP contribution >= 0.6 is 11.6 Å². The lowest BCUT2D eigenvalue weighted by Crippen LogP contribution is -2.52. The highest BCUT2D eigenvalue weighted by atomic mass is 35.5. The number of amides is 2. The van der Waals surface area contributed by atoms with E-state index in [0.717, 1.165) is 0 Å². The number of nitrogens with one attached hydrogen (secondary N) is 1. The predicted octanol–water partition coefficient (Wildman–Crippen LogP) is 0.997. The Bertz CT molecular complexity index is 841. The first-order valence-corrected chi connectivity index (χ1v) is 7.95. The lowest BCUT2D eigenvalue weighted by Gasteiger charge is -2.21. The van der Waals surface area contributed by atoms with Crippen LogP contribution in [0.2, 0.25) is 5.02 Å². The van der Waals surface area contributed by atoms with Crippen LogP contribution in [0.25, 0.3) is 0 Å². The Kier molecular flexibility index (Phi) is 4.49. The molecule has 0 radical (unpaired) electrons. The normalized spacial score (nSPS) is 20.2. The van der Waals surface area contributed by atoms with Gasteiger partial charge in [0.05, 0.1) is 16.9 Å². The lowest BCUT2D eigenvalue weighted by molar-refractivity contribution is -0.149. The van der Waals surface area contributed by atoms with Crippen molar-refractivity contribution in [3.05, 3.63) is 47.0 Å². The van der Waals surface area contributed by atoms with Crippen LogP contribution in [0.15, 0.2) is 30.6 Å². The van der Waals surface area contributed by atoms with Gasteiger partial charge in [0.2, 0.25) is 5.60 Å². The molecule has 2 N–H and O–H groups in total. The third kappa shape index (κ3) is 3.10. The van der Waals surface area contributed by atoms with Gasteiger partial charge >= 0.3 is 0 Å². The van der Waals surface area contributed by atoms with Crippen molar-refractivity contribution in [2.45, 2.75) is 18.6 Å². The minimum atomic E-state index is -2.19. The van der Waals surface area contributed by atoms with Gasteiger partial charge in [-0.25, -0.2) is 4.39 Å². The summed E-state index contributed by atoms with van der Waals surface area (Å²) in [6, 6.07) is 4.40. The Morgan fingerprint density at radius 2 is 2.28 bits per heavy atom. The van der Waals surface area contributed by atoms with Crippen molar-refractivity contribution in [2.24, 2.45) is 7.05 Å². The first-order chi connectivity index (χ1) is 11.8. The largest absolute Gasteiger partial charge is 0.372 e. The van der Waals surface area contributed by atoms with Crippen molar-refractivity contribution >= 4 is 29.1 Å². The number of hydrogen-bond acceptors (Lipinski definition) is 4. The number of carbonyl (C=O) groups is 2. The topological polar surface area (TPSA) is 87.5 Å². The van der Waals surface area contributed by atoms with Crippen molar-refractivity contribution in [2.75, 3.05) is 11.4 Å². The smallest absolute Gasteiger partial charge is 0.268 e. The summed E-state index contributed by atoms with van der Waals surface area (Å²) in [6.07, 6.45) is 3.02. The van der Waals surface area contributed by atoms with E-state index >= 15 is 0 Å². The molecule has 132 valence electrons. The maximum absolute atomic E-state index is 13.9. The van der Waals surface area contributed by atoms with Crippen LogP contribution in [0.4, 0.5) is 10.1 Å². The molecule has 0 spiro atoms. The average molecular weight is 367 g/mol. The number of aryl methyl sites for hydroxylation is 1. The molecule has 1 aliphatic heterocycles. The molecule has 3 rings (SSSR count). The molecule has 1 aromatic heterocycles. The fourth-order valence-corrected chi connectivity index (χ4v) is 2.91. The van der Waals surface area contributed by atoms with E-state index in [1.807, 2.05) is 0 Å². The molecule has 0 aliphatic carbocycles. The van der Waals surface area contributed by atoms with E-state index in [0.29, 0.717) is 5.69 Å². The average Bonchev–Trinajstić information content (AvgIpc) is 3.13. The maximum atomic E-state index is 13.9. The number of rotatable bonds is 4. The molecule has 25 heavy (non-hydrogen) atoms.